The van der Waals surface area contributed by atoms with Crippen molar-refractivity contribution in [2.75, 3.05) is 13.1 Å². The Morgan fingerprint density at radius 2 is 2.07 bits per heavy atom. The fourth-order valence-corrected chi connectivity index (χ4v) is 3.13. The van der Waals surface area contributed by atoms with Crippen LogP contribution in [0.4, 0.5) is 0 Å². The average molecular weight is 234 g/mol. The largest absolute Gasteiger partial charge is 0.329 e. The second-order valence-corrected chi connectivity index (χ2v) is 7.09. The zero-order valence-electron chi connectivity index (χ0n) is 9.79. The Balaban J connectivity index is 2.44. The lowest BCUT2D eigenvalue weighted by Crippen LogP contribution is -2.39. The predicted octanol–water partition coefficient (Wildman–Crippen LogP) is 0.689. The maximum Gasteiger partial charge on any atom is 0.215 e. The van der Waals surface area contributed by atoms with E-state index in [1.165, 1.54) is 0 Å². The molecule has 2 atom stereocenters. The Morgan fingerprint density at radius 3 is 2.40 bits per heavy atom. The molecule has 1 saturated carbocycles. The molecule has 0 aromatic carbocycles. The predicted molar refractivity (Wildman–Crippen MR) is 61.9 cm³/mol. The number of sulfonamides is 1. The molecule has 3 N–H and O–H groups in total. The van der Waals surface area contributed by atoms with Crippen LogP contribution in [-0.4, -0.2) is 26.8 Å². The molecule has 0 aromatic rings. The van der Waals surface area contributed by atoms with Crippen LogP contribution in [0.25, 0.3) is 0 Å². The van der Waals surface area contributed by atoms with Gasteiger partial charge in [0.15, 0.2) is 0 Å². The van der Waals surface area contributed by atoms with Gasteiger partial charge in [-0.1, -0.05) is 20.8 Å². The van der Waals surface area contributed by atoms with Crippen LogP contribution in [0, 0.1) is 11.3 Å². The SMILES string of the molecule is CCC(CN)S(=O)(=O)NCC1CC1(C)C. The smallest absolute Gasteiger partial charge is 0.215 e. The molecule has 0 amide bonds. The third kappa shape index (κ3) is 3.16. The van der Waals surface area contributed by atoms with Crippen LogP contribution >= 0.6 is 0 Å². The van der Waals surface area contributed by atoms with E-state index in [-0.39, 0.29) is 6.54 Å². The van der Waals surface area contributed by atoms with Crippen molar-refractivity contribution >= 4 is 10.0 Å². The van der Waals surface area contributed by atoms with Crippen molar-refractivity contribution in [2.24, 2.45) is 17.1 Å². The minimum absolute atomic E-state index is 0.194. The van der Waals surface area contributed by atoms with Gasteiger partial charge in [-0.15, -0.1) is 0 Å². The van der Waals surface area contributed by atoms with Crippen molar-refractivity contribution < 1.29 is 8.42 Å². The van der Waals surface area contributed by atoms with Crippen LogP contribution in [0.2, 0.25) is 0 Å². The first kappa shape index (κ1) is 12.9. The van der Waals surface area contributed by atoms with Crippen LogP contribution in [0.1, 0.15) is 33.6 Å². The zero-order chi connectivity index (χ0) is 11.7. The second kappa shape index (κ2) is 4.39. The molecule has 0 heterocycles. The molecular weight excluding hydrogens is 212 g/mol. The summed E-state index contributed by atoms with van der Waals surface area (Å²) in [4.78, 5) is 0. The van der Waals surface area contributed by atoms with E-state index in [1.807, 2.05) is 6.92 Å². The van der Waals surface area contributed by atoms with Crippen LogP contribution in [0.5, 0.6) is 0 Å². The zero-order valence-corrected chi connectivity index (χ0v) is 10.6. The number of rotatable bonds is 6. The summed E-state index contributed by atoms with van der Waals surface area (Å²) >= 11 is 0. The molecule has 1 aliphatic rings. The molecular formula is C10H22N2O2S. The second-order valence-electron chi connectivity index (χ2n) is 5.05. The maximum atomic E-state index is 11.7. The van der Waals surface area contributed by atoms with Gasteiger partial charge in [-0.3, -0.25) is 0 Å². The van der Waals surface area contributed by atoms with Gasteiger partial charge in [0.1, 0.15) is 0 Å². The van der Waals surface area contributed by atoms with Crippen molar-refractivity contribution in [1.29, 1.82) is 0 Å². The van der Waals surface area contributed by atoms with Crippen molar-refractivity contribution in [3.8, 4) is 0 Å². The lowest BCUT2D eigenvalue weighted by molar-refractivity contribution is 0.529. The molecule has 1 aliphatic carbocycles. The number of nitrogens with one attached hydrogen (secondary N) is 1. The number of hydrogen-bond acceptors (Lipinski definition) is 3. The van der Waals surface area contributed by atoms with Gasteiger partial charge in [0, 0.05) is 13.1 Å². The lowest BCUT2D eigenvalue weighted by atomic mass is 10.1. The molecule has 90 valence electrons. The molecule has 0 aliphatic heterocycles. The van der Waals surface area contributed by atoms with Crippen LogP contribution in [0.3, 0.4) is 0 Å². The molecule has 0 radical (unpaired) electrons. The van der Waals surface area contributed by atoms with Gasteiger partial charge in [0.2, 0.25) is 10.0 Å². The minimum Gasteiger partial charge on any atom is -0.329 e. The molecule has 1 rings (SSSR count). The molecule has 5 heteroatoms. The Kier molecular flexibility index (Phi) is 3.79. The highest BCUT2D eigenvalue weighted by Gasteiger charge is 2.45. The Bertz CT molecular complexity index is 307. The quantitative estimate of drug-likeness (QED) is 0.710. The van der Waals surface area contributed by atoms with Crippen molar-refractivity contribution in [1.82, 2.24) is 4.72 Å². The summed E-state index contributed by atoms with van der Waals surface area (Å²) in [6.45, 7) is 6.92. The van der Waals surface area contributed by atoms with Crippen molar-refractivity contribution in [3.05, 3.63) is 0 Å². The van der Waals surface area contributed by atoms with Gasteiger partial charge in [-0.2, -0.15) is 0 Å². The van der Waals surface area contributed by atoms with Gasteiger partial charge in [0.05, 0.1) is 5.25 Å². The first-order valence-corrected chi connectivity index (χ1v) is 7.06. The Morgan fingerprint density at radius 1 is 1.53 bits per heavy atom. The molecule has 0 bridgehead atoms. The Hall–Kier alpha value is -0.130. The van der Waals surface area contributed by atoms with Gasteiger partial charge < -0.3 is 5.73 Å². The summed E-state index contributed by atoms with van der Waals surface area (Å²) in [5, 5.41) is -0.445. The average Bonchev–Trinajstić information content (AvgIpc) is 2.73. The van der Waals surface area contributed by atoms with E-state index in [4.69, 9.17) is 5.73 Å². The van der Waals surface area contributed by atoms with Crippen LogP contribution in [0.15, 0.2) is 0 Å². The molecule has 0 saturated heterocycles. The number of hydrogen-bond donors (Lipinski definition) is 2. The van der Waals surface area contributed by atoms with Crippen LogP contribution in [-0.2, 0) is 10.0 Å². The van der Waals surface area contributed by atoms with E-state index < -0.39 is 15.3 Å². The summed E-state index contributed by atoms with van der Waals surface area (Å²) in [5.74, 6) is 0.488. The van der Waals surface area contributed by atoms with Crippen LogP contribution < -0.4 is 10.5 Å². The normalized spacial score (nSPS) is 26.3. The highest BCUT2D eigenvalue weighted by atomic mass is 32.2. The summed E-state index contributed by atoms with van der Waals surface area (Å²) in [7, 11) is -3.20. The van der Waals surface area contributed by atoms with E-state index in [9.17, 15) is 8.42 Å². The van der Waals surface area contributed by atoms with E-state index >= 15 is 0 Å². The molecule has 0 spiro atoms. The maximum absolute atomic E-state index is 11.7. The molecule has 2 unspecified atom stereocenters. The highest BCUT2D eigenvalue weighted by Crippen LogP contribution is 2.51. The minimum atomic E-state index is -3.20. The topological polar surface area (TPSA) is 72.2 Å². The van der Waals surface area contributed by atoms with Crippen molar-refractivity contribution in [3.63, 3.8) is 0 Å². The monoisotopic (exact) mass is 234 g/mol. The molecule has 4 nitrogen and oxygen atoms in total. The number of nitrogens with two attached hydrogens (primary N) is 1. The fraction of sp³-hybridized carbons (Fsp3) is 1.00. The van der Waals surface area contributed by atoms with Gasteiger partial charge in [-0.05, 0) is 24.2 Å². The summed E-state index contributed by atoms with van der Waals surface area (Å²) < 4.78 is 26.2. The molecule has 15 heavy (non-hydrogen) atoms. The third-order valence-electron chi connectivity index (χ3n) is 3.41. The summed E-state index contributed by atoms with van der Waals surface area (Å²) in [5.41, 5.74) is 5.74. The summed E-state index contributed by atoms with van der Waals surface area (Å²) in [6, 6.07) is 0. The highest BCUT2D eigenvalue weighted by molar-refractivity contribution is 7.90. The first-order valence-electron chi connectivity index (χ1n) is 5.52. The third-order valence-corrected chi connectivity index (χ3v) is 5.38. The summed E-state index contributed by atoms with van der Waals surface area (Å²) in [6.07, 6.45) is 1.68. The van der Waals surface area contributed by atoms with E-state index in [2.05, 4.69) is 18.6 Å². The fourth-order valence-electron chi connectivity index (χ4n) is 1.77. The standard InChI is InChI=1S/C10H22N2O2S/c1-4-9(6-11)15(13,14)12-7-8-5-10(8,2)3/h8-9,12H,4-7,11H2,1-3H3. The Labute approximate surface area is 92.7 Å². The van der Waals surface area contributed by atoms with Crippen molar-refractivity contribution in [2.45, 2.75) is 38.9 Å². The molecule has 0 aromatic heterocycles. The van der Waals surface area contributed by atoms with Gasteiger partial charge in [0.25, 0.3) is 0 Å². The first-order chi connectivity index (χ1) is 6.83. The van der Waals surface area contributed by atoms with Gasteiger partial charge >= 0.3 is 0 Å². The van der Waals surface area contributed by atoms with E-state index in [1.54, 1.807) is 0 Å². The van der Waals surface area contributed by atoms with E-state index in [0.29, 0.717) is 24.3 Å². The molecule has 1 fully saturated rings. The van der Waals surface area contributed by atoms with E-state index in [0.717, 1.165) is 6.42 Å². The van der Waals surface area contributed by atoms with Gasteiger partial charge in [-0.25, -0.2) is 13.1 Å². The lowest BCUT2D eigenvalue weighted by Gasteiger charge is -2.14.